The molecule has 0 radical (unpaired) electrons. The highest BCUT2D eigenvalue weighted by molar-refractivity contribution is 6.27. The minimum Gasteiger partial charge on any atom is -0.382 e. The van der Waals surface area contributed by atoms with Gasteiger partial charge in [0.05, 0.1) is 17.6 Å². The van der Waals surface area contributed by atoms with Crippen LogP contribution in [0.5, 0.6) is 0 Å². The fraction of sp³-hybridized carbons (Fsp3) is 0.240. The lowest BCUT2D eigenvalue weighted by Crippen LogP contribution is -2.48. The van der Waals surface area contributed by atoms with Crippen molar-refractivity contribution in [2.45, 2.75) is 25.3 Å². The van der Waals surface area contributed by atoms with Crippen molar-refractivity contribution in [3.05, 3.63) is 65.7 Å². The van der Waals surface area contributed by atoms with E-state index in [1.54, 1.807) is 30.6 Å². The number of nitrogens with two attached hydrogens (primary N) is 2. The van der Waals surface area contributed by atoms with Crippen LogP contribution in [0.25, 0.3) is 23.5 Å². The Labute approximate surface area is 209 Å². The van der Waals surface area contributed by atoms with Gasteiger partial charge in [0.2, 0.25) is 0 Å². The van der Waals surface area contributed by atoms with Gasteiger partial charge in [0, 0.05) is 42.1 Å². The first kappa shape index (κ1) is 24.3. The predicted molar refractivity (Wildman–Crippen MR) is 141 cm³/mol. The lowest BCUT2D eigenvalue weighted by Gasteiger charge is -2.38. The molecule has 0 atom stereocenters. The average molecular weight is 491 g/mol. The molecule has 0 bridgehead atoms. The van der Waals surface area contributed by atoms with Crippen LogP contribution in [-0.4, -0.2) is 44.5 Å². The van der Waals surface area contributed by atoms with Crippen molar-refractivity contribution in [3.63, 3.8) is 0 Å². The number of hydrogen-bond donors (Lipinski definition) is 3. The highest BCUT2D eigenvalue weighted by atomic mass is 35.5. The van der Waals surface area contributed by atoms with Crippen molar-refractivity contribution in [1.82, 2.24) is 19.9 Å². The van der Waals surface area contributed by atoms with Crippen LogP contribution in [0.3, 0.4) is 0 Å². The lowest BCUT2D eigenvalue weighted by molar-refractivity contribution is 0.102. The largest absolute Gasteiger partial charge is 0.382 e. The summed E-state index contributed by atoms with van der Waals surface area (Å²) in [5.41, 5.74) is 16.7. The molecule has 3 aromatic rings. The summed E-state index contributed by atoms with van der Waals surface area (Å²) < 4.78 is 0. The first-order chi connectivity index (χ1) is 16.8. The molecule has 1 saturated heterocycles. The van der Waals surface area contributed by atoms with Gasteiger partial charge in [-0.05, 0) is 49.6 Å². The topological polar surface area (TPSA) is 136 Å². The fourth-order valence-corrected chi connectivity index (χ4v) is 4.11. The maximum atomic E-state index is 13.2. The molecule has 3 aromatic heterocycles. The van der Waals surface area contributed by atoms with E-state index < -0.39 is 5.91 Å². The molecule has 1 fully saturated rings. The van der Waals surface area contributed by atoms with Crippen molar-refractivity contribution < 1.29 is 4.79 Å². The molecule has 1 amide bonds. The van der Waals surface area contributed by atoms with E-state index in [0.29, 0.717) is 22.8 Å². The van der Waals surface area contributed by atoms with E-state index in [0.717, 1.165) is 37.2 Å². The van der Waals surface area contributed by atoms with Crippen LogP contribution in [0.2, 0.25) is 0 Å². The number of aromatic nitrogens is 4. The number of nitrogens with one attached hydrogen (secondary N) is 1. The molecule has 35 heavy (non-hydrogen) atoms. The minimum atomic E-state index is -0.519. The number of hydrogen-bond acceptors (Lipinski definition) is 8. The predicted octanol–water partition coefficient (Wildman–Crippen LogP) is 3.94. The van der Waals surface area contributed by atoms with Crippen molar-refractivity contribution >= 4 is 47.0 Å². The first-order valence-electron chi connectivity index (χ1n) is 11.1. The highest BCUT2D eigenvalue weighted by Crippen LogP contribution is 2.30. The van der Waals surface area contributed by atoms with Gasteiger partial charge >= 0.3 is 0 Å². The number of pyridine rings is 2. The van der Waals surface area contributed by atoms with Crippen LogP contribution in [0.4, 0.5) is 17.3 Å². The first-order valence-corrected chi connectivity index (χ1v) is 11.6. The van der Waals surface area contributed by atoms with Crippen molar-refractivity contribution in [1.29, 1.82) is 0 Å². The van der Waals surface area contributed by atoms with Gasteiger partial charge in [-0.1, -0.05) is 24.3 Å². The van der Waals surface area contributed by atoms with Crippen LogP contribution in [0.1, 0.15) is 41.4 Å². The molecule has 10 heteroatoms. The van der Waals surface area contributed by atoms with E-state index in [1.807, 2.05) is 12.1 Å². The highest BCUT2D eigenvalue weighted by Gasteiger charge is 2.28. The molecule has 1 aliphatic rings. The Bertz CT molecular complexity index is 1280. The number of halogens is 1. The molecular formula is C25H27ClN8O. The van der Waals surface area contributed by atoms with E-state index in [2.05, 4.69) is 43.7 Å². The third-order valence-corrected chi connectivity index (χ3v) is 6.12. The van der Waals surface area contributed by atoms with Crippen LogP contribution < -0.4 is 21.7 Å². The number of carbonyl (C=O) groups excluding carboxylic acids is 1. The SMILES string of the molecule is C=Cc1c(/C=C\Cl)ccnc1-c1cnc(N)c(C(=O)Nc2ncccc2N2CCC(C)(N)CC2)n1. The number of rotatable bonds is 6. The molecule has 0 aromatic carbocycles. The van der Waals surface area contributed by atoms with Crippen LogP contribution in [-0.2, 0) is 0 Å². The second kappa shape index (κ2) is 10.2. The van der Waals surface area contributed by atoms with E-state index in [4.69, 9.17) is 23.1 Å². The monoisotopic (exact) mass is 490 g/mol. The Hall–Kier alpha value is -3.82. The molecule has 0 spiro atoms. The maximum Gasteiger partial charge on any atom is 0.279 e. The number of nitrogen functional groups attached to an aromatic ring is 1. The molecule has 9 nitrogen and oxygen atoms in total. The molecule has 1 aliphatic heterocycles. The minimum absolute atomic E-state index is 0.00226. The standard InChI is InChI=1S/C25H27ClN8O/c1-3-17-16(6-10-26)7-12-29-20(17)18-15-31-22(27)21(32-18)24(35)33-23-19(5-4-11-30-23)34-13-8-25(2,28)9-14-34/h3-7,10-12,15H,1,8-9,13-14,28H2,2H3,(H2,27,31)(H,30,33,35)/b10-6-. The number of carbonyl (C=O) groups is 1. The Morgan fingerprint density at radius 3 is 2.71 bits per heavy atom. The van der Waals surface area contributed by atoms with Gasteiger partial charge in [-0.25, -0.2) is 15.0 Å². The second-order valence-corrected chi connectivity index (χ2v) is 8.87. The molecule has 4 rings (SSSR count). The summed E-state index contributed by atoms with van der Waals surface area (Å²) in [6.07, 6.45) is 9.77. The van der Waals surface area contributed by atoms with E-state index in [-0.39, 0.29) is 17.1 Å². The third kappa shape index (κ3) is 5.31. The van der Waals surface area contributed by atoms with Gasteiger partial charge in [0.1, 0.15) is 5.69 Å². The molecule has 0 unspecified atom stereocenters. The summed E-state index contributed by atoms with van der Waals surface area (Å²) in [4.78, 5) is 32.9. The van der Waals surface area contributed by atoms with Crippen LogP contribution >= 0.6 is 11.6 Å². The van der Waals surface area contributed by atoms with E-state index >= 15 is 0 Å². The molecule has 4 heterocycles. The Morgan fingerprint density at radius 1 is 1.23 bits per heavy atom. The van der Waals surface area contributed by atoms with Gasteiger partial charge in [0.25, 0.3) is 5.91 Å². The summed E-state index contributed by atoms with van der Waals surface area (Å²) in [6, 6.07) is 5.55. The van der Waals surface area contributed by atoms with Gasteiger partial charge in [-0.3, -0.25) is 9.78 Å². The van der Waals surface area contributed by atoms with E-state index in [1.165, 1.54) is 11.7 Å². The van der Waals surface area contributed by atoms with Crippen molar-refractivity contribution in [3.8, 4) is 11.4 Å². The zero-order chi connectivity index (χ0) is 25.0. The van der Waals surface area contributed by atoms with E-state index in [9.17, 15) is 4.79 Å². The van der Waals surface area contributed by atoms with Crippen LogP contribution in [0.15, 0.2) is 48.9 Å². The number of nitrogens with zero attached hydrogens (tertiary/aromatic N) is 5. The van der Waals surface area contributed by atoms with Crippen LogP contribution in [0, 0.1) is 0 Å². The quantitative estimate of drug-likeness (QED) is 0.472. The number of amides is 1. The molecule has 0 aliphatic carbocycles. The summed E-state index contributed by atoms with van der Waals surface area (Å²) in [5.74, 6) is -0.101. The zero-order valence-corrected chi connectivity index (χ0v) is 20.2. The summed E-state index contributed by atoms with van der Waals surface area (Å²) >= 11 is 5.76. The summed E-state index contributed by atoms with van der Waals surface area (Å²) in [6.45, 7) is 7.45. The fourth-order valence-electron chi connectivity index (χ4n) is 3.97. The molecular weight excluding hydrogens is 464 g/mol. The van der Waals surface area contributed by atoms with Crippen molar-refractivity contribution in [2.24, 2.45) is 5.73 Å². The Morgan fingerprint density at radius 2 is 2.00 bits per heavy atom. The molecule has 0 saturated carbocycles. The molecule has 5 N–H and O–H groups in total. The average Bonchev–Trinajstić information content (AvgIpc) is 2.85. The zero-order valence-electron chi connectivity index (χ0n) is 19.4. The Balaban J connectivity index is 1.64. The third-order valence-electron chi connectivity index (χ3n) is 5.99. The van der Waals surface area contributed by atoms with Gasteiger partial charge in [0.15, 0.2) is 17.3 Å². The normalized spacial score (nSPS) is 15.2. The molecule has 180 valence electrons. The Kier molecular flexibility index (Phi) is 7.09. The second-order valence-electron chi connectivity index (χ2n) is 8.61. The van der Waals surface area contributed by atoms with Crippen molar-refractivity contribution in [2.75, 3.05) is 29.0 Å². The van der Waals surface area contributed by atoms with Gasteiger partial charge in [-0.2, -0.15) is 0 Å². The van der Waals surface area contributed by atoms with Gasteiger partial charge in [-0.15, -0.1) is 0 Å². The maximum absolute atomic E-state index is 13.2. The number of piperidine rings is 1. The number of anilines is 3. The van der Waals surface area contributed by atoms with Gasteiger partial charge < -0.3 is 21.7 Å². The summed E-state index contributed by atoms with van der Waals surface area (Å²) in [5, 5.41) is 2.85. The lowest BCUT2D eigenvalue weighted by atomic mass is 9.91. The summed E-state index contributed by atoms with van der Waals surface area (Å²) in [7, 11) is 0. The smallest absolute Gasteiger partial charge is 0.279 e.